The van der Waals surface area contributed by atoms with Gasteiger partial charge in [-0.25, -0.2) is 0 Å². The molecule has 0 fully saturated rings. The predicted octanol–water partition coefficient (Wildman–Crippen LogP) is 4.30. The summed E-state index contributed by atoms with van der Waals surface area (Å²) in [4.78, 5) is 18.0. The van der Waals surface area contributed by atoms with Gasteiger partial charge in [0, 0.05) is 5.56 Å². The molecule has 0 atom stereocenters. The Kier molecular flexibility index (Phi) is 4.37. The van der Waals surface area contributed by atoms with Crippen LogP contribution in [-0.4, -0.2) is 16.0 Å². The Hall–Kier alpha value is -3.19. The number of hydrogen-bond acceptors (Lipinski definition) is 6. The molecule has 26 heavy (non-hydrogen) atoms. The van der Waals surface area contributed by atoms with Crippen LogP contribution in [0.15, 0.2) is 63.5 Å². The van der Waals surface area contributed by atoms with E-state index in [-0.39, 0.29) is 5.91 Å². The van der Waals surface area contributed by atoms with Crippen LogP contribution in [0.2, 0.25) is 0 Å². The van der Waals surface area contributed by atoms with Gasteiger partial charge in [-0.3, -0.25) is 4.79 Å². The lowest BCUT2D eigenvalue weighted by Crippen LogP contribution is -2.21. The average molecular weight is 365 g/mol. The Balaban J connectivity index is 1.46. The quantitative estimate of drug-likeness (QED) is 0.570. The van der Waals surface area contributed by atoms with Gasteiger partial charge in [0.2, 0.25) is 5.82 Å². The van der Waals surface area contributed by atoms with E-state index < -0.39 is 0 Å². The molecule has 0 bridgehead atoms. The molecule has 4 aromatic rings. The van der Waals surface area contributed by atoms with E-state index in [1.54, 1.807) is 6.07 Å². The van der Waals surface area contributed by atoms with Crippen LogP contribution in [-0.2, 0) is 6.54 Å². The summed E-state index contributed by atoms with van der Waals surface area (Å²) in [6.45, 7) is 2.21. The first kappa shape index (κ1) is 16.3. The van der Waals surface area contributed by atoms with Crippen molar-refractivity contribution in [3.05, 3.63) is 71.0 Å². The van der Waals surface area contributed by atoms with Crippen LogP contribution in [0.5, 0.6) is 0 Å². The molecule has 0 saturated carbocycles. The lowest BCUT2D eigenvalue weighted by molar-refractivity contribution is 0.0952. The van der Waals surface area contributed by atoms with E-state index in [1.807, 2.05) is 55.5 Å². The second-order valence-electron chi connectivity index (χ2n) is 5.65. The van der Waals surface area contributed by atoms with E-state index in [0.29, 0.717) is 23.1 Å². The highest BCUT2D eigenvalue weighted by molar-refractivity contribution is 7.17. The van der Waals surface area contributed by atoms with Crippen LogP contribution in [0.25, 0.3) is 22.2 Å². The van der Waals surface area contributed by atoms with Crippen molar-refractivity contribution in [1.82, 2.24) is 15.5 Å². The van der Waals surface area contributed by atoms with Gasteiger partial charge in [-0.05, 0) is 43.3 Å². The van der Waals surface area contributed by atoms with Crippen molar-refractivity contribution in [2.24, 2.45) is 0 Å². The first-order valence-corrected chi connectivity index (χ1v) is 8.83. The number of carbonyl (C=O) groups is 1. The highest BCUT2D eigenvalue weighted by Crippen LogP contribution is 2.28. The molecule has 7 heteroatoms. The van der Waals surface area contributed by atoms with Crippen molar-refractivity contribution in [2.75, 3.05) is 0 Å². The van der Waals surface area contributed by atoms with E-state index >= 15 is 0 Å². The molecule has 4 rings (SSSR count). The molecule has 0 radical (unpaired) electrons. The summed E-state index contributed by atoms with van der Waals surface area (Å²) in [5, 5.41) is 6.85. The average Bonchev–Trinajstić information content (AvgIpc) is 3.40. The first-order valence-electron chi connectivity index (χ1n) is 8.02. The third kappa shape index (κ3) is 3.43. The molecular weight excluding hydrogens is 350 g/mol. The summed E-state index contributed by atoms with van der Waals surface area (Å²) < 4.78 is 10.8. The van der Waals surface area contributed by atoms with Gasteiger partial charge >= 0.3 is 0 Å². The molecule has 0 saturated heterocycles. The van der Waals surface area contributed by atoms with Gasteiger partial charge in [-0.15, -0.1) is 11.3 Å². The zero-order valence-corrected chi connectivity index (χ0v) is 14.7. The van der Waals surface area contributed by atoms with Crippen molar-refractivity contribution >= 4 is 17.2 Å². The van der Waals surface area contributed by atoms with Crippen LogP contribution in [0.3, 0.4) is 0 Å². The van der Waals surface area contributed by atoms with E-state index in [4.69, 9.17) is 8.94 Å². The van der Waals surface area contributed by atoms with Crippen molar-refractivity contribution in [3.8, 4) is 22.2 Å². The van der Waals surface area contributed by atoms with Crippen molar-refractivity contribution < 1.29 is 13.7 Å². The molecule has 1 aromatic carbocycles. The Morgan fingerprint density at radius 2 is 1.96 bits per heavy atom. The third-order valence-corrected chi connectivity index (χ3v) is 4.80. The Labute approximate surface area is 153 Å². The maximum atomic E-state index is 12.3. The van der Waals surface area contributed by atoms with Crippen LogP contribution < -0.4 is 5.32 Å². The SMILES string of the molecule is Cc1ccc(CNC(=O)c2ccc(-c3noc(-c4ccccc4)n3)s2)o1. The van der Waals surface area contributed by atoms with Gasteiger partial charge in [-0.2, -0.15) is 4.98 Å². The Morgan fingerprint density at radius 3 is 2.73 bits per heavy atom. The minimum atomic E-state index is -0.165. The summed E-state index contributed by atoms with van der Waals surface area (Å²) in [5.74, 6) is 2.29. The van der Waals surface area contributed by atoms with Gasteiger partial charge in [0.15, 0.2) is 0 Å². The van der Waals surface area contributed by atoms with Crippen molar-refractivity contribution in [2.45, 2.75) is 13.5 Å². The highest BCUT2D eigenvalue weighted by atomic mass is 32.1. The Bertz CT molecular complexity index is 1030. The molecule has 0 aliphatic rings. The molecule has 0 aliphatic heterocycles. The number of aromatic nitrogens is 2. The molecule has 1 N–H and O–H groups in total. The minimum Gasteiger partial charge on any atom is -0.465 e. The van der Waals surface area contributed by atoms with Crippen LogP contribution in [0.1, 0.15) is 21.2 Å². The van der Waals surface area contributed by atoms with Crippen LogP contribution in [0, 0.1) is 6.92 Å². The van der Waals surface area contributed by atoms with Crippen molar-refractivity contribution in [1.29, 1.82) is 0 Å². The van der Waals surface area contributed by atoms with Crippen LogP contribution >= 0.6 is 11.3 Å². The minimum absolute atomic E-state index is 0.165. The van der Waals surface area contributed by atoms with Crippen LogP contribution in [0.4, 0.5) is 0 Å². The number of hydrogen-bond donors (Lipinski definition) is 1. The van der Waals surface area contributed by atoms with E-state index in [9.17, 15) is 4.79 Å². The number of carbonyl (C=O) groups excluding carboxylic acids is 1. The topological polar surface area (TPSA) is 81.2 Å². The molecule has 6 nitrogen and oxygen atoms in total. The van der Waals surface area contributed by atoms with Gasteiger partial charge in [0.25, 0.3) is 11.8 Å². The number of rotatable bonds is 5. The molecule has 130 valence electrons. The number of amides is 1. The zero-order valence-electron chi connectivity index (χ0n) is 13.9. The van der Waals surface area contributed by atoms with Crippen molar-refractivity contribution in [3.63, 3.8) is 0 Å². The summed E-state index contributed by atoms with van der Waals surface area (Å²) >= 11 is 1.32. The standard InChI is InChI=1S/C19H15N3O3S/c1-12-7-8-14(24-12)11-20-18(23)16-10-9-15(26-16)17-21-19(25-22-17)13-5-3-2-4-6-13/h2-10H,11H2,1H3,(H,20,23). The maximum absolute atomic E-state index is 12.3. The number of nitrogens with zero attached hydrogens (tertiary/aromatic N) is 2. The molecular formula is C19H15N3O3S. The largest absolute Gasteiger partial charge is 0.465 e. The van der Waals surface area contributed by atoms with Gasteiger partial charge in [0.05, 0.1) is 16.3 Å². The Morgan fingerprint density at radius 1 is 1.12 bits per heavy atom. The van der Waals surface area contributed by atoms with E-state index in [2.05, 4.69) is 15.5 Å². The monoisotopic (exact) mass is 365 g/mol. The third-order valence-electron chi connectivity index (χ3n) is 3.72. The fourth-order valence-corrected chi connectivity index (χ4v) is 3.28. The second-order valence-corrected chi connectivity index (χ2v) is 6.73. The zero-order chi connectivity index (χ0) is 17.9. The van der Waals surface area contributed by atoms with Gasteiger partial charge in [-0.1, -0.05) is 23.4 Å². The van der Waals surface area contributed by atoms with E-state index in [0.717, 1.165) is 22.0 Å². The number of aryl methyl sites for hydroxylation is 1. The maximum Gasteiger partial charge on any atom is 0.261 e. The number of furan rings is 1. The van der Waals surface area contributed by atoms with Gasteiger partial charge in [0.1, 0.15) is 11.5 Å². The number of benzene rings is 1. The first-order chi connectivity index (χ1) is 12.7. The molecule has 3 heterocycles. The van der Waals surface area contributed by atoms with E-state index in [1.165, 1.54) is 11.3 Å². The normalized spacial score (nSPS) is 10.8. The summed E-state index contributed by atoms with van der Waals surface area (Å²) in [7, 11) is 0. The molecule has 0 spiro atoms. The highest BCUT2D eigenvalue weighted by Gasteiger charge is 2.15. The molecule has 3 aromatic heterocycles. The number of thiophene rings is 1. The smallest absolute Gasteiger partial charge is 0.261 e. The summed E-state index contributed by atoms with van der Waals surface area (Å²) in [5.41, 5.74) is 0.856. The molecule has 0 unspecified atom stereocenters. The lowest BCUT2D eigenvalue weighted by atomic mass is 10.2. The fraction of sp³-hybridized carbons (Fsp3) is 0.105. The molecule has 1 amide bonds. The molecule has 0 aliphatic carbocycles. The lowest BCUT2D eigenvalue weighted by Gasteiger charge is -2.00. The summed E-state index contributed by atoms with van der Waals surface area (Å²) in [6.07, 6.45) is 0. The van der Waals surface area contributed by atoms with Gasteiger partial charge < -0.3 is 14.3 Å². The predicted molar refractivity (Wildman–Crippen MR) is 97.7 cm³/mol. The second kappa shape index (κ2) is 6.97. The summed E-state index contributed by atoms with van der Waals surface area (Å²) in [6, 6.07) is 16.8. The fourth-order valence-electron chi connectivity index (χ4n) is 2.44. The number of nitrogens with one attached hydrogen (secondary N) is 1.